The van der Waals surface area contributed by atoms with Crippen molar-refractivity contribution in [1.82, 2.24) is 4.98 Å². The Morgan fingerprint density at radius 3 is 2.25 bits per heavy atom. The lowest BCUT2D eigenvalue weighted by molar-refractivity contribution is -0.137. The van der Waals surface area contributed by atoms with Gasteiger partial charge in [-0.15, -0.1) is 0 Å². The van der Waals surface area contributed by atoms with Crippen molar-refractivity contribution in [2.45, 2.75) is 19.3 Å². The molecule has 1 aromatic heterocycles. The van der Waals surface area contributed by atoms with Gasteiger partial charge in [-0.3, -0.25) is 9.88 Å². The SMILES string of the molecule is O=C(OCc1ccc(C(F)(F)F)cc1)N(Cc1cccnc1)c1ccccc1. The second-order valence-electron chi connectivity index (χ2n) is 6.03. The van der Waals surface area contributed by atoms with Crippen LogP contribution in [0, 0.1) is 0 Å². The highest BCUT2D eigenvalue weighted by molar-refractivity contribution is 5.87. The van der Waals surface area contributed by atoms with E-state index < -0.39 is 17.8 Å². The smallest absolute Gasteiger partial charge is 0.416 e. The van der Waals surface area contributed by atoms with E-state index in [1.54, 1.807) is 42.7 Å². The number of nitrogens with zero attached hydrogens (tertiary/aromatic N) is 2. The second-order valence-corrected chi connectivity index (χ2v) is 6.03. The van der Waals surface area contributed by atoms with Gasteiger partial charge >= 0.3 is 12.3 Å². The van der Waals surface area contributed by atoms with E-state index in [1.165, 1.54) is 17.0 Å². The predicted molar refractivity (Wildman–Crippen MR) is 98.5 cm³/mol. The standard InChI is InChI=1S/C21H17F3N2O2/c22-21(23,24)18-10-8-16(9-11-18)15-28-20(27)26(19-6-2-1-3-7-19)14-17-5-4-12-25-13-17/h1-13H,14-15H2. The van der Waals surface area contributed by atoms with Crippen LogP contribution in [0.15, 0.2) is 79.1 Å². The normalized spacial score (nSPS) is 11.1. The molecule has 144 valence electrons. The predicted octanol–water partition coefficient (Wildman–Crippen LogP) is 5.44. The number of halogens is 3. The molecule has 0 bridgehead atoms. The van der Waals surface area contributed by atoms with E-state index in [1.807, 2.05) is 12.1 Å². The maximum atomic E-state index is 12.7. The molecule has 28 heavy (non-hydrogen) atoms. The molecule has 0 unspecified atom stereocenters. The minimum absolute atomic E-state index is 0.132. The van der Waals surface area contributed by atoms with Gasteiger partial charge in [-0.1, -0.05) is 36.4 Å². The van der Waals surface area contributed by atoms with Crippen LogP contribution < -0.4 is 4.90 Å². The summed E-state index contributed by atoms with van der Waals surface area (Å²) in [4.78, 5) is 18.1. The van der Waals surface area contributed by atoms with Gasteiger partial charge in [0.25, 0.3) is 0 Å². The number of ether oxygens (including phenoxy) is 1. The van der Waals surface area contributed by atoms with Gasteiger partial charge in [0.1, 0.15) is 6.61 Å². The van der Waals surface area contributed by atoms with Crippen LogP contribution in [0.25, 0.3) is 0 Å². The molecule has 0 spiro atoms. The number of benzene rings is 2. The minimum Gasteiger partial charge on any atom is -0.444 e. The van der Waals surface area contributed by atoms with Gasteiger partial charge in [0.2, 0.25) is 0 Å². The zero-order valence-electron chi connectivity index (χ0n) is 14.8. The van der Waals surface area contributed by atoms with Crippen LogP contribution >= 0.6 is 0 Å². The van der Waals surface area contributed by atoms with Crippen molar-refractivity contribution >= 4 is 11.8 Å². The summed E-state index contributed by atoms with van der Waals surface area (Å²) in [5.41, 5.74) is 1.18. The zero-order chi connectivity index (χ0) is 20.0. The number of amides is 1. The molecule has 0 aliphatic rings. The third-order valence-electron chi connectivity index (χ3n) is 4.00. The molecule has 0 saturated heterocycles. The van der Waals surface area contributed by atoms with E-state index in [-0.39, 0.29) is 13.2 Å². The summed E-state index contributed by atoms with van der Waals surface area (Å²) in [5.74, 6) is 0. The van der Waals surface area contributed by atoms with E-state index in [0.29, 0.717) is 11.3 Å². The average molecular weight is 386 g/mol. The van der Waals surface area contributed by atoms with Crippen molar-refractivity contribution in [3.63, 3.8) is 0 Å². The van der Waals surface area contributed by atoms with Gasteiger partial charge < -0.3 is 4.74 Å². The summed E-state index contributed by atoms with van der Waals surface area (Å²) in [5, 5.41) is 0. The van der Waals surface area contributed by atoms with Crippen LogP contribution in [0.4, 0.5) is 23.7 Å². The van der Waals surface area contributed by atoms with Crippen LogP contribution in [0.3, 0.4) is 0 Å². The minimum atomic E-state index is -4.40. The molecule has 7 heteroatoms. The molecule has 0 saturated carbocycles. The molecule has 0 N–H and O–H groups in total. The lowest BCUT2D eigenvalue weighted by atomic mass is 10.1. The summed E-state index contributed by atoms with van der Waals surface area (Å²) in [6, 6.07) is 17.1. The molecule has 0 aliphatic heterocycles. The summed E-state index contributed by atoms with van der Waals surface area (Å²) < 4.78 is 43.2. The third-order valence-corrected chi connectivity index (χ3v) is 4.00. The Bertz CT molecular complexity index is 898. The molecule has 0 fully saturated rings. The fourth-order valence-corrected chi connectivity index (χ4v) is 2.56. The fourth-order valence-electron chi connectivity index (χ4n) is 2.56. The van der Waals surface area contributed by atoms with Crippen molar-refractivity contribution in [2.75, 3.05) is 4.90 Å². The molecule has 3 rings (SSSR count). The van der Waals surface area contributed by atoms with Gasteiger partial charge in [-0.05, 0) is 41.5 Å². The second kappa shape index (κ2) is 8.56. The number of aromatic nitrogens is 1. The summed E-state index contributed by atoms with van der Waals surface area (Å²) >= 11 is 0. The summed E-state index contributed by atoms with van der Waals surface area (Å²) in [6.07, 6.45) is -1.71. The number of para-hydroxylation sites is 1. The first-order valence-corrected chi connectivity index (χ1v) is 8.48. The van der Waals surface area contributed by atoms with E-state index in [9.17, 15) is 18.0 Å². The van der Waals surface area contributed by atoms with Gasteiger partial charge in [0.05, 0.1) is 12.1 Å². The van der Waals surface area contributed by atoms with Crippen LogP contribution in [-0.2, 0) is 24.1 Å². The Morgan fingerprint density at radius 1 is 0.929 bits per heavy atom. The Balaban J connectivity index is 1.71. The maximum Gasteiger partial charge on any atom is 0.416 e. The highest BCUT2D eigenvalue weighted by Gasteiger charge is 2.30. The molecule has 1 amide bonds. The first kappa shape index (κ1) is 19.4. The van der Waals surface area contributed by atoms with Gasteiger partial charge in [0, 0.05) is 18.1 Å². The van der Waals surface area contributed by atoms with Gasteiger partial charge in [0.15, 0.2) is 0 Å². The lowest BCUT2D eigenvalue weighted by Crippen LogP contribution is -2.31. The summed E-state index contributed by atoms with van der Waals surface area (Å²) in [6.45, 7) is 0.122. The van der Waals surface area contributed by atoms with Crippen LogP contribution in [-0.4, -0.2) is 11.1 Å². The highest BCUT2D eigenvalue weighted by Crippen LogP contribution is 2.29. The quantitative estimate of drug-likeness (QED) is 0.586. The molecule has 0 atom stereocenters. The number of rotatable bonds is 5. The molecule has 3 aromatic rings. The largest absolute Gasteiger partial charge is 0.444 e. The zero-order valence-corrected chi connectivity index (χ0v) is 14.8. The number of pyridine rings is 1. The number of anilines is 1. The highest BCUT2D eigenvalue weighted by atomic mass is 19.4. The van der Waals surface area contributed by atoms with Crippen molar-refractivity contribution in [2.24, 2.45) is 0 Å². The third kappa shape index (κ3) is 5.09. The van der Waals surface area contributed by atoms with E-state index in [4.69, 9.17) is 4.74 Å². The number of carbonyl (C=O) groups excluding carboxylic acids is 1. The topological polar surface area (TPSA) is 42.4 Å². The Hall–Kier alpha value is -3.35. The monoisotopic (exact) mass is 386 g/mol. The Morgan fingerprint density at radius 2 is 1.64 bits per heavy atom. The van der Waals surface area contributed by atoms with Crippen molar-refractivity contribution < 1.29 is 22.7 Å². The first-order valence-electron chi connectivity index (χ1n) is 8.48. The number of alkyl halides is 3. The fraction of sp³-hybridized carbons (Fsp3) is 0.143. The Labute approximate surface area is 160 Å². The van der Waals surface area contributed by atoms with Gasteiger partial charge in [-0.2, -0.15) is 13.2 Å². The summed E-state index contributed by atoms with van der Waals surface area (Å²) in [7, 11) is 0. The molecular weight excluding hydrogens is 369 g/mol. The van der Waals surface area contributed by atoms with Crippen molar-refractivity contribution in [3.8, 4) is 0 Å². The first-order chi connectivity index (χ1) is 13.4. The molecule has 0 radical (unpaired) electrons. The van der Waals surface area contributed by atoms with Crippen LogP contribution in [0.5, 0.6) is 0 Å². The van der Waals surface area contributed by atoms with Crippen molar-refractivity contribution in [3.05, 3.63) is 95.8 Å². The van der Waals surface area contributed by atoms with E-state index in [0.717, 1.165) is 17.7 Å². The van der Waals surface area contributed by atoms with E-state index >= 15 is 0 Å². The van der Waals surface area contributed by atoms with E-state index in [2.05, 4.69) is 4.98 Å². The molecule has 2 aromatic carbocycles. The number of hydrogen-bond donors (Lipinski definition) is 0. The molecule has 4 nitrogen and oxygen atoms in total. The number of carbonyl (C=O) groups is 1. The molecule has 1 heterocycles. The number of hydrogen-bond acceptors (Lipinski definition) is 3. The van der Waals surface area contributed by atoms with Gasteiger partial charge in [-0.25, -0.2) is 4.79 Å². The lowest BCUT2D eigenvalue weighted by Gasteiger charge is -2.22. The van der Waals surface area contributed by atoms with Crippen molar-refractivity contribution in [1.29, 1.82) is 0 Å². The average Bonchev–Trinajstić information content (AvgIpc) is 2.71. The van der Waals surface area contributed by atoms with Crippen LogP contribution in [0.1, 0.15) is 16.7 Å². The molecule has 0 aliphatic carbocycles. The maximum absolute atomic E-state index is 12.7. The Kier molecular flexibility index (Phi) is 5.93. The molecular formula is C21H17F3N2O2. The van der Waals surface area contributed by atoms with Crippen LogP contribution in [0.2, 0.25) is 0 Å².